The molecule has 0 bridgehead atoms. The number of benzene rings is 2. The Morgan fingerprint density at radius 1 is 1.00 bits per heavy atom. The molecule has 0 saturated carbocycles. The van der Waals surface area contributed by atoms with E-state index in [0.29, 0.717) is 5.82 Å². The first-order valence-electron chi connectivity index (χ1n) is 10.9. The van der Waals surface area contributed by atoms with Gasteiger partial charge >= 0.3 is 0 Å². The van der Waals surface area contributed by atoms with Crippen LogP contribution in [0.5, 0.6) is 0 Å². The molecule has 0 fully saturated rings. The number of thiophene rings is 1. The van der Waals surface area contributed by atoms with Crippen LogP contribution in [0.3, 0.4) is 0 Å². The van der Waals surface area contributed by atoms with E-state index < -0.39 is 6.04 Å². The van der Waals surface area contributed by atoms with Gasteiger partial charge in [-0.25, -0.2) is 0 Å². The summed E-state index contributed by atoms with van der Waals surface area (Å²) in [5.74, 6) is 1.38. The lowest BCUT2D eigenvalue weighted by Gasteiger charge is -2.13. The second-order valence-corrected chi connectivity index (χ2v) is 9.59. The molecule has 0 radical (unpaired) electrons. The fourth-order valence-corrected chi connectivity index (χ4v) is 5.36. The summed E-state index contributed by atoms with van der Waals surface area (Å²) < 4.78 is 2.07. The molecule has 2 aromatic carbocycles. The van der Waals surface area contributed by atoms with E-state index in [2.05, 4.69) is 65.1 Å². The van der Waals surface area contributed by atoms with Gasteiger partial charge in [-0.2, -0.15) is 0 Å². The first-order valence-corrected chi connectivity index (χ1v) is 11.8. The fraction of sp³-hybridized carbons (Fsp3) is 0.231. The van der Waals surface area contributed by atoms with Crippen molar-refractivity contribution in [1.29, 1.82) is 0 Å². The topological polar surface area (TPSA) is 72.2 Å². The maximum absolute atomic E-state index is 13.0. The zero-order chi connectivity index (χ0) is 23.1. The van der Waals surface area contributed by atoms with Crippen LogP contribution < -0.4 is 5.32 Å². The number of amides is 1. The number of nitrogens with one attached hydrogen (secondary N) is 1. The molecule has 5 rings (SSSR count). The van der Waals surface area contributed by atoms with E-state index in [1.165, 1.54) is 16.0 Å². The lowest BCUT2D eigenvalue weighted by atomic mass is 9.99. The number of aromatic nitrogens is 3. The molecule has 0 spiro atoms. The molecule has 0 unspecified atom stereocenters. The first-order chi connectivity index (χ1) is 15.9. The molecule has 33 heavy (non-hydrogen) atoms. The third-order valence-corrected chi connectivity index (χ3v) is 7.19. The third kappa shape index (κ3) is 3.89. The molecular weight excluding hydrogens is 430 g/mol. The number of hydrogen-bond acceptors (Lipinski definition) is 5. The standard InChI is InChI=1S/C26H25N5OS/c1-15-10-12-19(13-11-15)24-23-16(2)17(3)33-26(23)31-18(4)29-30-25(31)21(28-24)14-22(32)27-20-8-6-5-7-9-20/h5-13,21H,14H2,1-4H3,(H,27,32)/t21-/m0/s1. The summed E-state index contributed by atoms with van der Waals surface area (Å²) in [6.45, 7) is 8.29. The zero-order valence-corrected chi connectivity index (χ0v) is 19.9. The van der Waals surface area contributed by atoms with Gasteiger partial charge in [0.25, 0.3) is 0 Å². The van der Waals surface area contributed by atoms with Crippen LogP contribution in [0.2, 0.25) is 0 Å². The molecule has 1 N–H and O–H groups in total. The number of aryl methyl sites for hydroxylation is 3. The van der Waals surface area contributed by atoms with Gasteiger partial charge in [-0.05, 0) is 45.4 Å². The number of hydrogen-bond donors (Lipinski definition) is 1. The summed E-state index contributed by atoms with van der Waals surface area (Å²) in [5.41, 5.74) is 6.18. The van der Waals surface area contributed by atoms with Crippen molar-refractivity contribution in [1.82, 2.24) is 14.8 Å². The zero-order valence-electron chi connectivity index (χ0n) is 19.1. The highest BCUT2D eigenvalue weighted by Gasteiger charge is 2.32. The normalized spacial score (nSPS) is 14.8. The SMILES string of the molecule is Cc1ccc(C2=N[C@@H](CC(=O)Nc3ccccc3)c3nnc(C)n3-c3sc(C)c(C)c32)cc1. The van der Waals surface area contributed by atoms with Gasteiger partial charge in [0.05, 0.1) is 12.1 Å². The van der Waals surface area contributed by atoms with Crippen LogP contribution in [0.1, 0.15) is 51.2 Å². The number of fused-ring (bicyclic) bond motifs is 3. The van der Waals surface area contributed by atoms with Gasteiger partial charge in [-0.15, -0.1) is 21.5 Å². The second-order valence-electron chi connectivity index (χ2n) is 8.38. The maximum atomic E-state index is 13.0. The Morgan fingerprint density at radius 2 is 1.73 bits per heavy atom. The summed E-state index contributed by atoms with van der Waals surface area (Å²) in [6.07, 6.45) is 0.176. The Balaban J connectivity index is 1.64. The van der Waals surface area contributed by atoms with Gasteiger partial charge in [0.2, 0.25) is 5.91 Å². The second kappa shape index (κ2) is 8.41. The number of para-hydroxylation sites is 1. The average Bonchev–Trinajstić information content (AvgIpc) is 3.27. The monoisotopic (exact) mass is 455 g/mol. The van der Waals surface area contributed by atoms with Gasteiger partial charge in [-0.1, -0.05) is 48.0 Å². The Labute approximate surface area is 197 Å². The molecule has 1 aliphatic heterocycles. The minimum atomic E-state index is -0.453. The van der Waals surface area contributed by atoms with Gasteiger partial charge in [-0.3, -0.25) is 14.4 Å². The van der Waals surface area contributed by atoms with E-state index in [9.17, 15) is 4.79 Å². The van der Waals surface area contributed by atoms with Crippen LogP contribution in [0, 0.1) is 27.7 Å². The summed E-state index contributed by atoms with van der Waals surface area (Å²) in [7, 11) is 0. The molecule has 6 nitrogen and oxygen atoms in total. The minimum absolute atomic E-state index is 0.108. The van der Waals surface area contributed by atoms with Crippen molar-refractivity contribution in [3.63, 3.8) is 0 Å². The summed E-state index contributed by atoms with van der Waals surface area (Å²) in [6, 6.07) is 17.4. The van der Waals surface area contributed by atoms with Crippen molar-refractivity contribution in [2.45, 2.75) is 40.2 Å². The highest BCUT2D eigenvalue weighted by Crippen LogP contribution is 2.39. The summed E-state index contributed by atoms with van der Waals surface area (Å²) in [5, 5.41) is 12.9. The maximum Gasteiger partial charge on any atom is 0.227 e. The minimum Gasteiger partial charge on any atom is -0.326 e. The Kier molecular flexibility index (Phi) is 5.42. The van der Waals surface area contributed by atoms with Gasteiger partial charge in [0, 0.05) is 21.7 Å². The lowest BCUT2D eigenvalue weighted by molar-refractivity contribution is -0.116. The summed E-state index contributed by atoms with van der Waals surface area (Å²) in [4.78, 5) is 19.4. The van der Waals surface area contributed by atoms with Crippen molar-refractivity contribution in [2.75, 3.05) is 5.32 Å². The van der Waals surface area contributed by atoms with E-state index in [-0.39, 0.29) is 12.3 Å². The molecule has 4 aromatic rings. The van der Waals surface area contributed by atoms with Crippen molar-refractivity contribution >= 4 is 28.6 Å². The van der Waals surface area contributed by atoms with Crippen LogP contribution in [-0.4, -0.2) is 26.4 Å². The van der Waals surface area contributed by atoms with Crippen molar-refractivity contribution in [3.05, 3.63) is 93.4 Å². The predicted octanol–water partition coefficient (Wildman–Crippen LogP) is 5.48. The van der Waals surface area contributed by atoms with E-state index in [4.69, 9.17) is 4.99 Å². The number of carbonyl (C=O) groups excluding carboxylic acids is 1. The number of aliphatic imine (C=N–C) groups is 1. The largest absolute Gasteiger partial charge is 0.326 e. The molecule has 3 heterocycles. The highest BCUT2D eigenvalue weighted by atomic mass is 32.1. The smallest absolute Gasteiger partial charge is 0.227 e. The number of carbonyl (C=O) groups is 1. The predicted molar refractivity (Wildman–Crippen MR) is 133 cm³/mol. The number of rotatable bonds is 4. The first kappa shape index (κ1) is 21.3. The van der Waals surface area contributed by atoms with Crippen LogP contribution in [0.15, 0.2) is 59.6 Å². The highest BCUT2D eigenvalue weighted by molar-refractivity contribution is 7.15. The van der Waals surface area contributed by atoms with Gasteiger partial charge in [0.15, 0.2) is 5.82 Å². The summed E-state index contributed by atoms with van der Waals surface area (Å²) >= 11 is 1.72. The molecule has 166 valence electrons. The van der Waals surface area contributed by atoms with Crippen LogP contribution in [0.25, 0.3) is 5.00 Å². The molecule has 1 atom stereocenters. The van der Waals surface area contributed by atoms with Crippen LogP contribution >= 0.6 is 11.3 Å². The van der Waals surface area contributed by atoms with Gasteiger partial charge in [0.1, 0.15) is 16.9 Å². The van der Waals surface area contributed by atoms with E-state index in [1.807, 2.05) is 37.3 Å². The molecule has 1 aliphatic rings. The molecular formula is C26H25N5OS. The van der Waals surface area contributed by atoms with Crippen LogP contribution in [0.4, 0.5) is 5.69 Å². The third-order valence-electron chi connectivity index (χ3n) is 6.00. The quantitative estimate of drug-likeness (QED) is 0.443. The van der Waals surface area contributed by atoms with E-state index in [1.54, 1.807) is 11.3 Å². The number of anilines is 1. The fourth-order valence-electron chi connectivity index (χ4n) is 4.15. The molecule has 0 saturated heterocycles. The molecule has 7 heteroatoms. The van der Waals surface area contributed by atoms with Crippen molar-refractivity contribution in [2.24, 2.45) is 4.99 Å². The molecule has 2 aromatic heterocycles. The lowest BCUT2D eigenvalue weighted by Crippen LogP contribution is -2.17. The van der Waals surface area contributed by atoms with Crippen LogP contribution in [-0.2, 0) is 4.79 Å². The molecule has 0 aliphatic carbocycles. The Bertz CT molecular complexity index is 1370. The van der Waals surface area contributed by atoms with Crippen molar-refractivity contribution < 1.29 is 4.79 Å². The molecule has 1 amide bonds. The van der Waals surface area contributed by atoms with E-state index >= 15 is 0 Å². The average molecular weight is 456 g/mol. The van der Waals surface area contributed by atoms with Gasteiger partial charge < -0.3 is 5.32 Å². The Morgan fingerprint density at radius 3 is 2.45 bits per heavy atom. The Hall–Kier alpha value is -3.58. The van der Waals surface area contributed by atoms with Crippen molar-refractivity contribution in [3.8, 4) is 5.00 Å². The van der Waals surface area contributed by atoms with E-state index in [0.717, 1.165) is 33.4 Å². The number of nitrogens with zero attached hydrogens (tertiary/aromatic N) is 4.